The first-order valence-electron chi connectivity index (χ1n) is 9.12. The van der Waals surface area contributed by atoms with Crippen LogP contribution in [0, 0.1) is 17.6 Å². The highest BCUT2D eigenvalue weighted by Gasteiger charge is 2.23. The van der Waals surface area contributed by atoms with Crippen molar-refractivity contribution in [1.29, 1.82) is 0 Å². The van der Waals surface area contributed by atoms with E-state index in [2.05, 4.69) is 15.0 Å². The third kappa shape index (κ3) is 3.71. The second-order valence-corrected chi connectivity index (χ2v) is 7.84. The van der Waals surface area contributed by atoms with Crippen molar-refractivity contribution in [1.82, 2.24) is 14.6 Å². The molecular weight excluding hydrogens is 370 g/mol. The van der Waals surface area contributed by atoms with E-state index in [1.54, 1.807) is 6.07 Å². The second kappa shape index (κ2) is 7.34. The predicted octanol–water partition coefficient (Wildman–Crippen LogP) is 3.45. The Morgan fingerprint density at radius 1 is 1.19 bits per heavy atom. The van der Waals surface area contributed by atoms with E-state index >= 15 is 0 Å². The van der Waals surface area contributed by atoms with Crippen molar-refractivity contribution in [3.8, 4) is 0 Å². The van der Waals surface area contributed by atoms with Crippen molar-refractivity contribution >= 4 is 21.4 Å². The van der Waals surface area contributed by atoms with E-state index in [9.17, 15) is 13.6 Å². The molecule has 0 bridgehead atoms. The Labute approximate surface area is 159 Å². The summed E-state index contributed by atoms with van der Waals surface area (Å²) in [5, 5.41) is 5.24. The van der Waals surface area contributed by atoms with Crippen molar-refractivity contribution in [3.05, 3.63) is 57.5 Å². The molecule has 1 aliphatic rings. The highest BCUT2D eigenvalue weighted by molar-refractivity contribution is 7.20. The number of halogens is 2. The van der Waals surface area contributed by atoms with Crippen molar-refractivity contribution in [2.75, 3.05) is 18.0 Å². The van der Waals surface area contributed by atoms with E-state index in [0.29, 0.717) is 17.3 Å². The fourth-order valence-electron chi connectivity index (χ4n) is 3.48. The van der Waals surface area contributed by atoms with E-state index in [-0.39, 0.29) is 5.56 Å². The molecule has 3 aromatic rings. The normalized spacial score (nSPS) is 15.6. The first-order chi connectivity index (χ1) is 13.0. The zero-order chi connectivity index (χ0) is 19.0. The van der Waals surface area contributed by atoms with Gasteiger partial charge in [-0.15, -0.1) is 5.10 Å². The zero-order valence-corrected chi connectivity index (χ0v) is 15.8. The highest BCUT2D eigenvalue weighted by atomic mass is 32.1. The minimum Gasteiger partial charge on any atom is -0.347 e. The van der Waals surface area contributed by atoms with E-state index in [4.69, 9.17) is 0 Å². The molecule has 2 aromatic heterocycles. The Hall–Kier alpha value is -2.35. The predicted molar refractivity (Wildman–Crippen MR) is 102 cm³/mol. The number of anilines is 1. The molecule has 0 spiro atoms. The molecule has 0 aliphatic carbocycles. The number of hydrogen-bond acceptors (Lipinski definition) is 5. The van der Waals surface area contributed by atoms with Crippen LogP contribution in [0.25, 0.3) is 4.96 Å². The number of rotatable bonds is 4. The summed E-state index contributed by atoms with van der Waals surface area (Å²) in [6.45, 7) is 3.62. The lowest BCUT2D eigenvalue weighted by molar-refractivity contribution is 0.401. The van der Waals surface area contributed by atoms with Gasteiger partial charge in [0.05, 0.1) is 0 Å². The van der Waals surface area contributed by atoms with Gasteiger partial charge in [0.15, 0.2) is 11.6 Å². The van der Waals surface area contributed by atoms with Crippen LogP contribution in [0.15, 0.2) is 29.1 Å². The Balaban J connectivity index is 1.44. The lowest BCUT2D eigenvalue weighted by Crippen LogP contribution is -2.34. The third-order valence-electron chi connectivity index (χ3n) is 5.04. The maximum atomic E-state index is 13.4. The minimum absolute atomic E-state index is 0.146. The first-order valence-corrected chi connectivity index (χ1v) is 9.94. The molecule has 8 heteroatoms. The maximum absolute atomic E-state index is 13.4. The van der Waals surface area contributed by atoms with Gasteiger partial charge in [-0.3, -0.25) is 4.79 Å². The van der Waals surface area contributed by atoms with Crippen LogP contribution in [-0.2, 0) is 12.8 Å². The number of nitrogens with zero attached hydrogens (tertiary/aromatic N) is 4. The maximum Gasteiger partial charge on any atom is 0.275 e. The summed E-state index contributed by atoms with van der Waals surface area (Å²) >= 11 is 1.43. The second-order valence-electron chi connectivity index (χ2n) is 6.90. The molecule has 1 saturated heterocycles. The van der Waals surface area contributed by atoms with E-state index in [0.717, 1.165) is 48.7 Å². The van der Waals surface area contributed by atoms with Crippen LogP contribution in [0.2, 0.25) is 0 Å². The topological polar surface area (TPSA) is 50.5 Å². The molecule has 0 unspecified atom stereocenters. The van der Waals surface area contributed by atoms with Crippen molar-refractivity contribution in [3.63, 3.8) is 0 Å². The molecule has 1 fully saturated rings. The summed E-state index contributed by atoms with van der Waals surface area (Å²) in [6, 6.07) is 5.67. The van der Waals surface area contributed by atoms with Gasteiger partial charge in [0, 0.05) is 24.8 Å². The zero-order valence-electron chi connectivity index (χ0n) is 15.0. The molecule has 0 saturated carbocycles. The van der Waals surface area contributed by atoms with Crippen molar-refractivity contribution < 1.29 is 8.78 Å². The number of benzene rings is 1. The van der Waals surface area contributed by atoms with Gasteiger partial charge in [0.2, 0.25) is 10.1 Å². The van der Waals surface area contributed by atoms with Gasteiger partial charge < -0.3 is 4.90 Å². The van der Waals surface area contributed by atoms with Gasteiger partial charge in [0.25, 0.3) is 5.56 Å². The molecule has 5 nitrogen and oxygen atoms in total. The van der Waals surface area contributed by atoms with E-state index in [1.807, 2.05) is 6.92 Å². The van der Waals surface area contributed by atoms with Crippen LogP contribution in [0.1, 0.15) is 31.0 Å². The third-order valence-corrected chi connectivity index (χ3v) is 6.01. The van der Waals surface area contributed by atoms with Crippen LogP contribution in [0.3, 0.4) is 0 Å². The van der Waals surface area contributed by atoms with Gasteiger partial charge >= 0.3 is 0 Å². The van der Waals surface area contributed by atoms with E-state index < -0.39 is 11.6 Å². The molecule has 142 valence electrons. The van der Waals surface area contributed by atoms with Crippen LogP contribution in [-0.4, -0.2) is 27.7 Å². The number of hydrogen-bond donors (Lipinski definition) is 0. The Morgan fingerprint density at radius 3 is 2.67 bits per heavy atom. The van der Waals surface area contributed by atoms with Gasteiger partial charge in [-0.05, 0) is 49.3 Å². The Kier molecular flexibility index (Phi) is 4.90. The highest BCUT2D eigenvalue weighted by Crippen LogP contribution is 2.28. The lowest BCUT2D eigenvalue weighted by Gasteiger charge is -2.31. The summed E-state index contributed by atoms with van der Waals surface area (Å²) in [5.74, 6) is -1.17. The number of piperidine rings is 1. The SMILES string of the molecule is CCc1cc(=O)n2nc(N3CCC(Cc4ccc(F)c(F)c4)CC3)sc2n1. The van der Waals surface area contributed by atoms with Crippen molar-refractivity contribution in [2.24, 2.45) is 5.92 Å². The smallest absolute Gasteiger partial charge is 0.275 e. The van der Waals surface area contributed by atoms with Crippen LogP contribution in [0.5, 0.6) is 0 Å². The minimum atomic E-state index is -0.806. The number of fused-ring (bicyclic) bond motifs is 1. The van der Waals surface area contributed by atoms with Crippen LogP contribution >= 0.6 is 11.3 Å². The van der Waals surface area contributed by atoms with E-state index in [1.165, 1.54) is 34.1 Å². The molecular formula is C19H20F2N4OS. The quantitative estimate of drug-likeness (QED) is 0.685. The monoisotopic (exact) mass is 390 g/mol. The molecule has 0 amide bonds. The Morgan fingerprint density at radius 2 is 1.96 bits per heavy atom. The molecule has 0 atom stereocenters. The molecule has 4 rings (SSSR count). The lowest BCUT2D eigenvalue weighted by atomic mass is 9.90. The largest absolute Gasteiger partial charge is 0.347 e. The average Bonchev–Trinajstić information content (AvgIpc) is 3.10. The van der Waals surface area contributed by atoms with Crippen LogP contribution in [0.4, 0.5) is 13.9 Å². The average molecular weight is 390 g/mol. The van der Waals surface area contributed by atoms with Crippen molar-refractivity contribution in [2.45, 2.75) is 32.6 Å². The van der Waals surface area contributed by atoms with Crippen LogP contribution < -0.4 is 10.5 Å². The summed E-state index contributed by atoms with van der Waals surface area (Å²) in [6.07, 6.45) is 3.34. The molecule has 3 heterocycles. The molecule has 0 radical (unpaired) electrons. The van der Waals surface area contributed by atoms with Gasteiger partial charge in [-0.25, -0.2) is 13.8 Å². The Bertz CT molecular complexity index is 1020. The molecule has 27 heavy (non-hydrogen) atoms. The standard InChI is InChI=1S/C19H20F2N4OS/c1-2-14-11-17(26)25-18(22-14)27-19(23-25)24-7-5-12(6-8-24)9-13-3-4-15(20)16(21)10-13/h3-4,10-12H,2,5-9H2,1H3. The fourth-order valence-corrected chi connectivity index (χ4v) is 4.46. The molecule has 0 N–H and O–H groups in total. The summed E-state index contributed by atoms with van der Waals surface area (Å²) in [7, 11) is 0. The summed E-state index contributed by atoms with van der Waals surface area (Å²) in [5.41, 5.74) is 1.46. The van der Waals surface area contributed by atoms with Gasteiger partial charge in [-0.1, -0.05) is 24.3 Å². The molecule has 1 aliphatic heterocycles. The number of aryl methyl sites for hydroxylation is 1. The number of aromatic nitrogens is 3. The summed E-state index contributed by atoms with van der Waals surface area (Å²) < 4.78 is 27.8. The van der Waals surface area contributed by atoms with Gasteiger partial charge in [0.1, 0.15) is 0 Å². The summed E-state index contributed by atoms with van der Waals surface area (Å²) in [4.78, 5) is 19.4. The van der Waals surface area contributed by atoms with Gasteiger partial charge in [-0.2, -0.15) is 4.52 Å². The fraction of sp³-hybridized carbons (Fsp3) is 0.421. The molecule has 1 aromatic carbocycles. The first kappa shape index (κ1) is 18.0.